The summed E-state index contributed by atoms with van der Waals surface area (Å²) in [5.74, 6) is 0. The van der Waals surface area contributed by atoms with Crippen LogP contribution in [0.3, 0.4) is 0 Å². The Bertz CT molecular complexity index is 94.0. The van der Waals surface area contributed by atoms with Gasteiger partial charge in [-0.05, 0) is 0 Å². The maximum Gasteiger partial charge on any atom is 1.00 e. The zero-order valence-corrected chi connectivity index (χ0v) is 6.45. The van der Waals surface area contributed by atoms with Crippen molar-refractivity contribution in [2.45, 2.75) is 0 Å². The molecule has 0 heterocycles. The van der Waals surface area contributed by atoms with E-state index in [1.54, 1.807) is 0 Å². The largest absolute Gasteiger partial charge is 1.00 e. The Kier molecular flexibility index (Phi) is 4.98. The summed E-state index contributed by atoms with van der Waals surface area (Å²) in [5.41, 5.74) is 0. The Hall–Kier alpha value is 0.910. The van der Waals surface area contributed by atoms with Crippen LogP contribution in [0.4, 0.5) is 0 Å². The molecule has 3 nitrogen and oxygen atoms in total. The normalized spacial score (nSPS) is 9.67. The first-order valence-electron chi connectivity index (χ1n) is 0.908. The average molecular weight is 119 g/mol. The fraction of sp³-hybridized carbons (Fsp3) is 1.00. The Morgan fingerprint density at radius 2 is 1.50 bits per heavy atom. The summed E-state index contributed by atoms with van der Waals surface area (Å²) in [7, 11) is -3.92. The van der Waals surface area contributed by atoms with Crippen LogP contribution in [-0.2, 0) is 10.1 Å². The second-order valence-electron chi connectivity index (χ2n) is 0.704. The molecule has 0 N–H and O–H groups in total. The van der Waals surface area contributed by atoms with Gasteiger partial charge in [0.1, 0.15) is 0 Å². The van der Waals surface area contributed by atoms with Crippen molar-refractivity contribution >= 4 is 10.1 Å². The van der Waals surface area contributed by atoms with Crippen molar-refractivity contribution in [2.75, 3.05) is 6.26 Å². The van der Waals surface area contributed by atoms with E-state index in [-0.39, 0.29) is 29.6 Å². The predicted octanol–water partition coefficient (Wildman–Crippen LogP) is -3.83. The monoisotopic (exact) mass is 119 g/mol. The van der Waals surface area contributed by atoms with Crippen LogP contribution >= 0.6 is 0 Å². The molecule has 5 heteroatoms. The molecule has 0 aliphatic carbocycles. The number of hydrogen-bond donors (Lipinski definition) is 0. The Balaban J connectivity index is 0. The summed E-state index contributed by atoms with van der Waals surface area (Å²) in [6.07, 6.45) is 0.604. The van der Waals surface area contributed by atoms with Gasteiger partial charge in [-0.1, -0.05) is 0 Å². The fourth-order valence-corrected chi connectivity index (χ4v) is 0. The first-order chi connectivity index (χ1) is 2.00. The van der Waals surface area contributed by atoms with E-state index in [0.29, 0.717) is 6.26 Å². The molecule has 0 unspecified atom stereocenters. The van der Waals surface area contributed by atoms with Crippen LogP contribution in [0.2, 0.25) is 0 Å². The summed E-state index contributed by atoms with van der Waals surface area (Å²) in [6.45, 7) is 0. The van der Waals surface area contributed by atoms with Crippen molar-refractivity contribution in [3.05, 3.63) is 0 Å². The van der Waals surface area contributed by atoms with Gasteiger partial charge in [-0.25, -0.2) is 8.42 Å². The van der Waals surface area contributed by atoms with Crippen LogP contribution in [0, 0.1) is 0 Å². The molecule has 0 atom stereocenters. The van der Waals surface area contributed by atoms with Crippen LogP contribution in [0.1, 0.15) is 0 Å². The van der Waals surface area contributed by atoms with E-state index in [1.807, 2.05) is 0 Å². The van der Waals surface area contributed by atoms with Gasteiger partial charge in [0.15, 0.2) is 0 Å². The smallest absolute Gasteiger partial charge is 0.748 e. The zero-order chi connectivity index (χ0) is 4.50. The molecule has 0 rings (SSSR count). The van der Waals surface area contributed by atoms with Crippen molar-refractivity contribution in [1.82, 2.24) is 0 Å². The molecule has 0 aliphatic heterocycles. The molecule has 0 fully saturated rings. The molecule has 0 saturated carbocycles. The Labute approximate surface area is 58.8 Å². The number of hydrogen-bond acceptors (Lipinski definition) is 3. The third-order valence-electron chi connectivity index (χ3n) is 0. The summed E-state index contributed by atoms with van der Waals surface area (Å²) in [6, 6.07) is 0. The third-order valence-corrected chi connectivity index (χ3v) is 0. The second kappa shape index (κ2) is 2.98. The van der Waals surface area contributed by atoms with Gasteiger partial charge in [0.25, 0.3) is 0 Å². The van der Waals surface area contributed by atoms with Gasteiger partial charge in [0, 0.05) is 6.26 Å². The average Bonchev–Trinajstić information content (AvgIpc) is 0.722. The molecule has 0 bridgehead atoms. The SMILES string of the molecule is [13CH3]S(=O)(=O)[O-].[Na+]. The molecular formula is CH3NaO3S. The van der Waals surface area contributed by atoms with Crippen molar-refractivity contribution in [3.63, 3.8) is 0 Å². The minimum absolute atomic E-state index is 0. The van der Waals surface area contributed by atoms with Crippen LogP contribution in [0.15, 0.2) is 0 Å². The molecule has 0 aliphatic rings. The Morgan fingerprint density at radius 1 is 1.50 bits per heavy atom. The summed E-state index contributed by atoms with van der Waals surface area (Å²) < 4.78 is 27.2. The molecule has 0 spiro atoms. The molecule has 6 heavy (non-hydrogen) atoms. The molecule has 0 aromatic rings. The number of rotatable bonds is 0. The molecule has 0 amide bonds. The zero-order valence-electron chi connectivity index (χ0n) is 3.63. The van der Waals surface area contributed by atoms with Gasteiger partial charge in [0.05, 0.1) is 10.1 Å². The molecule has 0 saturated heterocycles. The quantitative estimate of drug-likeness (QED) is 0.186. The van der Waals surface area contributed by atoms with Gasteiger partial charge in [-0.3, -0.25) is 0 Å². The second-order valence-corrected chi connectivity index (χ2v) is 2.11. The van der Waals surface area contributed by atoms with Crippen molar-refractivity contribution < 1.29 is 42.5 Å². The molecule has 0 aromatic heterocycles. The first kappa shape index (κ1) is 10.0. The van der Waals surface area contributed by atoms with E-state index in [1.165, 1.54) is 0 Å². The summed E-state index contributed by atoms with van der Waals surface area (Å²) in [5, 5.41) is 0. The van der Waals surface area contributed by atoms with Gasteiger partial charge < -0.3 is 4.55 Å². The fourth-order valence-electron chi connectivity index (χ4n) is 0. The van der Waals surface area contributed by atoms with Gasteiger partial charge in [0.2, 0.25) is 0 Å². The minimum atomic E-state index is -3.92. The molecular weight excluding hydrogens is 116 g/mol. The van der Waals surface area contributed by atoms with Crippen molar-refractivity contribution in [2.24, 2.45) is 0 Å². The predicted molar refractivity (Wildman–Crippen MR) is 15.6 cm³/mol. The van der Waals surface area contributed by atoms with E-state index in [2.05, 4.69) is 0 Å². The minimum Gasteiger partial charge on any atom is -0.748 e. The third kappa shape index (κ3) is 90.6. The topological polar surface area (TPSA) is 57.2 Å². The van der Waals surface area contributed by atoms with Crippen LogP contribution in [0.5, 0.6) is 0 Å². The maximum absolute atomic E-state index is 9.08. The van der Waals surface area contributed by atoms with E-state index < -0.39 is 10.1 Å². The standard InChI is InChI=1S/CH4O3S.Na/c1-5(2,3)4;/h1H3,(H,2,3,4);/q;+1/p-1/i1+1;. The molecule has 0 radical (unpaired) electrons. The van der Waals surface area contributed by atoms with Crippen LogP contribution in [0.25, 0.3) is 0 Å². The molecule has 0 aromatic carbocycles. The van der Waals surface area contributed by atoms with E-state index in [4.69, 9.17) is 13.0 Å². The maximum atomic E-state index is 9.08. The summed E-state index contributed by atoms with van der Waals surface area (Å²) in [4.78, 5) is 0. The molecule has 32 valence electrons. The summed E-state index contributed by atoms with van der Waals surface area (Å²) >= 11 is 0. The van der Waals surface area contributed by atoms with E-state index >= 15 is 0 Å². The van der Waals surface area contributed by atoms with Crippen molar-refractivity contribution in [3.8, 4) is 0 Å². The van der Waals surface area contributed by atoms with E-state index in [9.17, 15) is 0 Å². The first-order valence-corrected chi connectivity index (χ1v) is 2.72. The van der Waals surface area contributed by atoms with Crippen molar-refractivity contribution in [1.29, 1.82) is 0 Å². The van der Waals surface area contributed by atoms with Crippen LogP contribution in [-0.4, -0.2) is 19.2 Å². The van der Waals surface area contributed by atoms with Crippen LogP contribution < -0.4 is 29.6 Å². The Morgan fingerprint density at radius 3 is 1.50 bits per heavy atom. The van der Waals surface area contributed by atoms with Gasteiger partial charge in [-0.15, -0.1) is 0 Å². The van der Waals surface area contributed by atoms with E-state index in [0.717, 1.165) is 0 Å². The van der Waals surface area contributed by atoms with Gasteiger partial charge in [-0.2, -0.15) is 0 Å². The van der Waals surface area contributed by atoms with Gasteiger partial charge >= 0.3 is 29.6 Å².